The molecule has 0 saturated carbocycles. The molecule has 0 saturated heterocycles. The van der Waals surface area contributed by atoms with E-state index in [-0.39, 0.29) is 11.7 Å². The van der Waals surface area contributed by atoms with Crippen molar-refractivity contribution in [2.24, 2.45) is 0 Å². The molecule has 1 aromatic carbocycles. The van der Waals surface area contributed by atoms with Crippen LogP contribution in [0, 0.1) is 13.8 Å². The second kappa shape index (κ2) is 8.24. The zero-order chi connectivity index (χ0) is 21.3. The molecule has 30 heavy (non-hydrogen) atoms. The van der Waals surface area contributed by atoms with Gasteiger partial charge in [-0.2, -0.15) is 5.10 Å². The first-order valence-electron chi connectivity index (χ1n) is 9.72. The van der Waals surface area contributed by atoms with Crippen molar-refractivity contribution >= 4 is 34.6 Å². The number of benzene rings is 1. The van der Waals surface area contributed by atoms with E-state index in [2.05, 4.69) is 15.4 Å². The van der Waals surface area contributed by atoms with Gasteiger partial charge in [0, 0.05) is 17.9 Å². The number of amides is 1. The van der Waals surface area contributed by atoms with Crippen LogP contribution in [0.4, 0.5) is 5.69 Å². The number of carbonyl (C=O) groups is 2. The van der Waals surface area contributed by atoms with Crippen molar-refractivity contribution in [2.45, 2.75) is 33.1 Å². The van der Waals surface area contributed by atoms with Crippen molar-refractivity contribution in [3.8, 4) is 5.69 Å². The van der Waals surface area contributed by atoms with Crippen LogP contribution in [-0.4, -0.2) is 26.5 Å². The van der Waals surface area contributed by atoms with Crippen LogP contribution >= 0.6 is 11.6 Å². The summed E-state index contributed by atoms with van der Waals surface area (Å²) in [5.41, 5.74) is 5.59. The van der Waals surface area contributed by atoms with Crippen molar-refractivity contribution < 1.29 is 9.59 Å². The molecule has 0 fully saturated rings. The first-order chi connectivity index (χ1) is 14.4. The molecular weight excluding hydrogens is 400 g/mol. The van der Waals surface area contributed by atoms with E-state index in [0.29, 0.717) is 35.5 Å². The maximum absolute atomic E-state index is 12.8. The van der Waals surface area contributed by atoms with Gasteiger partial charge in [-0.15, -0.1) is 0 Å². The van der Waals surface area contributed by atoms with Crippen molar-refractivity contribution in [1.82, 2.24) is 14.8 Å². The molecule has 2 aromatic heterocycles. The summed E-state index contributed by atoms with van der Waals surface area (Å²) in [5, 5.41) is 7.88. The van der Waals surface area contributed by atoms with Crippen LogP contribution in [0.2, 0.25) is 5.02 Å². The van der Waals surface area contributed by atoms with E-state index in [4.69, 9.17) is 11.6 Å². The number of halogens is 1. The minimum Gasteiger partial charge on any atom is -0.320 e. The van der Waals surface area contributed by atoms with Gasteiger partial charge in [-0.3, -0.25) is 14.6 Å². The van der Waals surface area contributed by atoms with E-state index in [1.165, 1.54) is 0 Å². The van der Waals surface area contributed by atoms with Gasteiger partial charge in [-0.25, -0.2) is 4.68 Å². The van der Waals surface area contributed by atoms with E-state index in [1.807, 2.05) is 38.1 Å². The van der Waals surface area contributed by atoms with Gasteiger partial charge in [0.25, 0.3) is 5.91 Å². The Morgan fingerprint density at radius 1 is 1.13 bits per heavy atom. The smallest absolute Gasteiger partial charge is 0.259 e. The molecule has 2 heterocycles. The highest BCUT2D eigenvalue weighted by atomic mass is 35.5. The second-order valence-electron chi connectivity index (χ2n) is 7.35. The van der Waals surface area contributed by atoms with Crippen LogP contribution in [-0.2, 0) is 4.79 Å². The standard InChI is InChI=1S/C23H21ClN4O2/c1-14-11-18(12-25-22(14)16-3-9-20(29)10-4-16)27-23(30)21-13-26-28(15(21)2)19-7-5-17(24)6-8-19/h3,5-8,11-13H,4,9-10H2,1-2H3,(H,27,30). The first kappa shape index (κ1) is 20.0. The number of anilines is 1. The molecule has 7 heteroatoms. The molecule has 1 amide bonds. The molecular formula is C23H21ClN4O2. The number of rotatable bonds is 4. The Kier molecular flexibility index (Phi) is 5.50. The van der Waals surface area contributed by atoms with Gasteiger partial charge in [0.2, 0.25) is 0 Å². The van der Waals surface area contributed by atoms with E-state index in [0.717, 1.165) is 28.2 Å². The second-order valence-corrected chi connectivity index (χ2v) is 7.78. The van der Waals surface area contributed by atoms with Gasteiger partial charge < -0.3 is 5.32 Å². The lowest BCUT2D eigenvalue weighted by Gasteiger charge is -2.14. The minimum atomic E-state index is -0.246. The molecule has 152 valence electrons. The zero-order valence-electron chi connectivity index (χ0n) is 16.8. The summed E-state index contributed by atoms with van der Waals surface area (Å²) in [7, 11) is 0. The third kappa shape index (κ3) is 4.04. The highest BCUT2D eigenvalue weighted by Gasteiger charge is 2.18. The Labute approximate surface area is 179 Å². The molecule has 6 nitrogen and oxygen atoms in total. The highest BCUT2D eigenvalue weighted by Crippen LogP contribution is 2.27. The molecule has 0 spiro atoms. The summed E-state index contributed by atoms with van der Waals surface area (Å²) in [5.74, 6) is 0.0129. The van der Waals surface area contributed by atoms with Gasteiger partial charge in [-0.05, 0) is 61.7 Å². The van der Waals surface area contributed by atoms with Crippen LogP contribution < -0.4 is 5.32 Å². The molecule has 1 aliphatic rings. The number of nitrogens with zero attached hydrogens (tertiary/aromatic N) is 3. The number of hydrogen-bond acceptors (Lipinski definition) is 4. The molecule has 0 radical (unpaired) electrons. The van der Waals surface area contributed by atoms with Crippen LogP contribution in [0.15, 0.2) is 48.8 Å². The minimum absolute atomic E-state index is 0.246. The van der Waals surface area contributed by atoms with Crippen LogP contribution in [0.25, 0.3) is 11.3 Å². The van der Waals surface area contributed by atoms with E-state index in [1.54, 1.807) is 29.2 Å². The van der Waals surface area contributed by atoms with Crippen LogP contribution in [0.1, 0.15) is 46.6 Å². The fraction of sp³-hybridized carbons (Fsp3) is 0.217. The van der Waals surface area contributed by atoms with Gasteiger partial charge in [-0.1, -0.05) is 17.7 Å². The highest BCUT2D eigenvalue weighted by molar-refractivity contribution is 6.30. The number of pyridine rings is 1. The van der Waals surface area contributed by atoms with Gasteiger partial charge in [0.1, 0.15) is 5.78 Å². The van der Waals surface area contributed by atoms with E-state index >= 15 is 0 Å². The Morgan fingerprint density at radius 3 is 2.57 bits per heavy atom. The van der Waals surface area contributed by atoms with Crippen LogP contribution in [0.3, 0.4) is 0 Å². The lowest BCUT2D eigenvalue weighted by Crippen LogP contribution is -2.14. The molecule has 0 atom stereocenters. The molecule has 0 bridgehead atoms. The molecule has 0 unspecified atom stereocenters. The van der Waals surface area contributed by atoms with Crippen molar-refractivity contribution in [3.63, 3.8) is 0 Å². The molecule has 4 rings (SSSR count). The van der Waals surface area contributed by atoms with Crippen molar-refractivity contribution in [2.75, 3.05) is 5.32 Å². The maximum Gasteiger partial charge on any atom is 0.259 e. The number of Topliss-reactive ketones (excluding diaryl/α,β-unsaturated/α-hetero) is 1. The quantitative estimate of drug-likeness (QED) is 0.649. The number of carbonyl (C=O) groups excluding carboxylic acids is 2. The number of hydrogen-bond donors (Lipinski definition) is 1. The third-order valence-electron chi connectivity index (χ3n) is 5.22. The van der Waals surface area contributed by atoms with Crippen LogP contribution in [0.5, 0.6) is 0 Å². The van der Waals surface area contributed by atoms with Gasteiger partial charge >= 0.3 is 0 Å². The summed E-state index contributed by atoms with van der Waals surface area (Å²) in [6.07, 6.45) is 6.89. The summed E-state index contributed by atoms with van der Waals surface area (Å²) in [6.45, 7) is 3.80. The number of allylic oxidation sites excluding steroid dienone is 2. The Bertz CT molecular complexity index is 1160. The van der Waals surface area contributed by atoms with Gasteiger partial charge in [0.05, 0.1) is 40.7 Å². The lowest BCUT2D eigenvalue weighted by atomic mass is 9.94. The predicted octanol–water partition coefficient (Wildman–Crippen LogP) is 4.93. The fourth-order valence-corrected chi connectivity index (χ4v) is 3.71. The van der Waals surface area contributed by atoms with E-state index in [9.17, 15) is 9.59 Å². The summed E-state index contributed by atoms with van der Waals surface area (Å²) in [6, 6.07) is 9.17. The lowest BCUT2D eigenvalue weighted by molar-refractivity contribution is -0.118. The molecule has 1 aliphatic carbocycles. The fourth-order valence-electron chi connectivity index (χ4n) is 3.58. The zero-order valence-corrected chi connectivity index (χ0v) is 17.5. The first-order valence-corrected chi connectivity index (χ1v) is 10.1. The molecule has 1 N–H and O–H groups in total. The van der Waals surface area contributed by atoms with E-state index < -0.39 is 0 Å². The van der Waals surface area contributed by atoms with Gasteiger partial charge in [0.15, 0.2) is 0 Å². The molecule has 0 aliphatic heterocycles. The number of nitrogens with one attached hydrogen (secondary N) is 1. The Hall–Kier alpha value is -3.25. The predicted molar refractivity (Wildman–Crippen MR) is 117 cm³/mol. The SMILES string of the molecule is Cc1cc(NC(=O)c2cnn(-c3ccc(Cl)cc3)c2C)cnc1C1=CCC(=O)CC1. The average Bonchev–Trinajstić information content (AvgIpc) is 3.11. The average molecular weight is 421 g/mol. The Morgan fingerprint density at radius 2 is 1.90 bits per heavy atom. The van der Waals surface area contributed by atoms with Crippen molar-refractivity contribution in [1.29, 1.82) is 0 Å². The monoisotopic (exact) mass is 420 g/mol. The maximum atomic E-state index is 12.8. The molecule has 3 aromatic rings. The largest absolute Gasteiger partial charge is 0.320 e. The normalized spacial score (nSPS) is 13.8. The number of aryl methyl sites for hydroxylation is 1. The summed E-state index contributed by atoms with van der Waals surface area (Å²) in [4.78, 5) is 28.8. The topological polar surface area (TPSA) is 76.9 Å². The number of ketones is 1. The number of aromatic nitrogens is 3. The summed E-state index contributed by atoms with van der Waals surface area (Å²) >= 11 is 5.95. The summed E-state index contributed by atoms with van der Waals surface area (Å²) < 4.78 is 1.70. The van der Waals surface area contributed by atoms with Crippen molar-refractivity contribution in [3.05, 3.63) is 76.3 Å². The third-order valence-corrected chi connectivity index (χ3v) is 5.47. The Balaban J connectivity index is 1.52.